The summed E-state index contributed by atoms with van der Waals surface area (Å²) < 4.78 is 5.25. The summed E-state index contributed by atoms with van der Waals surface area (Å²) in [5.41, 5.74) is -1.27. The lowest BCUT2D eigenvalue weighted by atomic mass is 10.00. The summed E-state index contributed by atoms with van der Waals surface area (Å²) in [6.45, 7) is 5.21. The first-order chi connectivity index (χ1) is 9.88. The van der Waals surface area contributed by atoms with Crippen molar-refractivity contribution in [1.82, 2.24) is 5.32 Å². The molecule has 7 nitrogen and oxygen atoms in total. The molecule has 0 fully saturated rings. The lowest BCUT2D eigenvalue weighted by Gasteiger charge is -2.21. The molecule has 0 saturated carbocycles. The SMILES string of the molecule is CCOc1c(C(=O)NC(C)(C#N)CC)cccc1[N+](=O)[O-]. The molecule has 1 atom stereocenters. The molecule has 21 heavy (non-hydrogen) atoms. The molecule has 1 aromatic rings. The Kier molecular flexibility index (Phi) is 5.24. The molecule has 112 valence electrons. The normalized spacial score (nSPS) is 12.9. The Morgan fingerprint density at radius 3 is 2.67 bits per heavy atom. The maximum absolute atomic E-state index is 12.3. The van der Waals surface area contributed by atoms with E-state index < -0.39 is 16.4 Å². The largest absolute Gasteiger partial charge is 0.487 e. The first kappa shape index (κ1) is 16.4. The van der Waals surface area contributed by atoms with E-state index in [1.807, 2.05) is 6.07 Å². The molecular formula is C14H17N3O4. The van der Waals surface area contributed by atoms with E-state index in [1.165, 1.54) is 18.2 Å². The van der Waals surface area contributed by atoms with Gasteiger partial charge in [-0.2, -0.15) is 5.26 Å². The third-order valence-electron chi connectivity index (χ3n) is 3.07. The van der Waals surface area contributed by atoms with Crippen LogP contribution in [0.25, 0.3) is 0 Å². The van der Waals surface area contributed by atoms with Gasteiger partial charge in [0.15, 0.2) is 0 Å². The summed E-state index contributed by atoms with van der Waals surface area (Å²) in [7, 11) is 0. The molecule has 0 aliphatic heterocycles. The average molecular weight is 291 g/mol. The molecule has 0 aliphatic carbocycles. The number of nitriles is 1. The molecule has 0 aliphatic rings. The van der Waals surface area contributed by atoms with Gasteiger partial charge in [0, 0.05) is 6.07 Å². The number of nitro benzene ring substituents is 1. The van der Waals surface area contributed by atoms with Gasteiger partial charge < -0.3 is 10.1 Å². The van der Waals surface area contributed by atoms with Crippen LogP contribution in [0.4, 0.5) is 5.69 Å². The first-order valence-electron chi connectivity index (χ1n) is 6.52. The second kappa shape index (κ2) is 6.70. The number of carbonyl (C=O) groups is 1. The van der Waals surface area contributed by atoms with Gasteiger partial charge in [0.05, 0.1) is 23.2 Å². The van der Waals surface area contributed by atoms with Crippen LogP contribution < -0.4 is 10.1 Å². The van der Waals surface area contributed by atoms with Crippen LogP contribution in [0.2, 0.25) is 0 Å². The molecule has 0 bridgehead atoms. The molecule has 1 unspecified atom stereocenters. The lowest BCUT2D eigenvalue weighted by molar-refractivity contribution is -0.385. The standard InChI is InChI=1S/C14H17N3O4/c1-4-14(3,9-15)16-13(18)10-7-6-8-11(17(19)20)12(10)21-5-2/h6-8H,4-5H2,1-3H3,(H,16,18). The summed E-state index contributed by atoms with van der Waals surface area (Å²) in [5, 5.41) is 22.7. The minimum atomic E-state index is -1.04. The average Bonchev–Trinajstić information content (AvgIpc) is 2.47. The lowest BCUT2D eigenvalue weighted by Crippen LogP contribution is -2.44. The Hall–Kier alpha value is -2.62. The molecule has 0 spiro atoms. The molecule has 7 heteroatoms. The van der Waals surface area contributed by atoms with E-state index in [1.54, 1.807) is 20.8 Å². The molecule has 1 N–H and O–H groups in total. The summed E-state index contributed by atoms with van der Waals surface area (Å²) in [5.74, 6) is -0.660. The van der Waals surface area contributed by atoms with Crippen molar-refractivity contribution < 1.29 is 14.5 Å². The highest BCUT2D eigenvalue weighted by Gasteiger charge is 2.28. The van der Waals surface area contributed by atoms with Gasteiger partial charge in [0.1, 0.15) is 5.54 Å². The number of benzene rings is 1. The van der Waals surface area contributed by atoms with E-state index in [0.717, 1.165) is 0 Å². The zero-order valence-corrected chi connectivity index (χ0v) is 12.2. The predicted molar refractivity (Wildman–Crippen MR) is 76.0 cm³/mol. The van der Waals surface area contributed by atoms with E-state index in [9.17, 15) is 14.9 Å². The molecular weight excluding hydrogens is 274 g/mol. The van der Waals surface area contributed by atoms with Gasteiger partial charge in [-0.25, -0.2) is 0 Å². The third kappa shape index (κ3) is 3.69. The Morgan fingerprint density at radius 1 is 1.52 bits per heavy atom. The van der Waals surface area contributed by atoms with Gasteiger partial charge in [-0.05, 0) is 26.3 Å². The number of carbonyl (C=O) groups excluding carboxylic acids is 1. The van der Waals surface area contributed by atoms with Crippen LogP contribution in [-0.2, 0) is 0 Å². The van der Waals surface area contributed by atoms with E-state index in [-0.39, 0.29) is 23.6 Å². The second-order valence-electron chi connectivity index (χ2n) is 4.60. The maximum Gasteiger partial charge on any atom is 0.311 e. The molecule has 1 amide bonds. The van der Waals surface area contributed by atoms with Gasteiger partial charge in [-0.15, -0.1) is 0 Å². The van der Waals surface area contributed by atoms with Crippen LogP contribution in [0.5, 0.6) is 5.75 Å². The quantitative estimate of drug-likeness (QED) is 0.640. The summed E-state index contributed by atoms with van der Waals surface area (Å²) in [6.07, 6.45) is 0.411. The van der Waals surface area contributed by atoms with E-state index >= 15 is 0 Å². The van der Waals surface area contributed by atoms with Crippen LogP contribution in [0.3, 0.4) is 0 Å². The smallest absolute Gasteiger partial charge is 0.311 e. The Labute approximate surface area is 122 Å². The topological polar surface area (TPSA) is 105 Å². The number of amides is 1. The van der Waals surface area contributed by atoms with Gasteiger partial charge >= 0.3 is 5.69 Å². The van der Waals surface area contributed by atoms with Crippen LogP contribution in [0.1, 0.15) is 37.6 Å². The maximum atomic E-state index is 12.3. The van der Waals surface area contributed by atoms with Crippen molar-refractivity contribution in [2.45, 2.75) is 32.7 Å². The molecule has 1 aromatic carbocycles. The number of nitrogens with one attached hydrogen (secondary N) is 1. The Balaban J connectivity index is 3.24. The number of rotatable bonds is 6. The number of nitro groups is 1. The van der Waals surface area contributed by atoms with E-state index in [0.29, 0.717) is 6.42 Å². The Bertz CT molecular complexity index is 594. The number of hydrogen-bond donors (Lipinski definition) is 1. The van der Waals surface area contributed by atoms with Crippen molar-refractivity contribution >= 4 is 11.6 Å². The highest BCUT2D eigenvalue weighted by Crippen LogP contribution is 2.31. The van der Waals surface area contributed by atoms with Gasteiger partial charge in [0.25, 0.3) is 5.91 Å². The molecule has 0 radical (unpaired) electrons. The summed E-state index contributed by atoms with van der Waals surface area (Å²) in [4.78, 5) is 22.7. The van der Waals surface area contributed by atoms with Crippen LogP contribution >= 0.6 is 0 Å². The predicted octanol–water partition coefficient (Wildman–Crippen LogP) is 2.42. The number of para-hydroxylation sites is 1. The van der Waals surface area contributed by atoms with E-state index in [2.05, 4.69) is 5.32 Å². The van der Waals surface area contributed by atoms with Gasteiger partial charge in [-0.3, -0.25) is 14.9 Å². The molecule has 1 rings (SSSR count). The Morgan fingerprint density at radius 2 is 2.19 bits per heavy atom. The minimum Gasteiger partial charge on any atom is -0.487 e. The fourth-order valence-corrected chi connectivity index (χ4v) is 1.66. The zero-order valence-electron chi connectivity index (χ0n) is 12.2. The van der Waals surface area contributed by atoms with Gasteiger partial charge in [-0.1, -0.05) is 13.0 Å². The number of nitrogens with zero attached hydrogens (tertiary/aromatic N) is 2. The fourth-order valence-electron chi connectivity index (χ4n) is 1.66. The third-order valence-corrected chi connectivity index (χ3v) is 3.07. The molecule has 0 saturated heterocycles. The molecule has 0 heterocycles. The monoisotopic (exact) mass is 291 g/mol. The number of hydrogen-bond acceptors (Lipinski definition) is 5. The second-order valence-corrected chi connectivity index (χ2v) is 4.60. The van der Waals surface area contributed by atoms with Crippen molar-refractivity contribution in [3.8, 4) is 11.8 Å². The van der Waals surface area contributed by atoms with Crippen LogP contribution in [0.15, 0.2) is 18.2 Å². The van der Waals surface area contributed by atoms with Crippen LogP contribution in [0, 0.1) is 21.4 Å². The summed E-state index contributed by atoms with van der Waals surface area (Å²) >= 11 is 0. The van der Waals surface area contributed by atoms with Crippen molar-refractivity contribution in [1.29, 1.82) is 5.26 Å². The summed E-state index contributed by atoms with van der Waals surface area (Å²) in [6, 6.07) is 6.12. The zero-order chi connectivity index (χ0) is 16.0. The fraction of sp³-hybridized carbons (Fsp3) is 0.429. The van der Waals surface area contributed by atoms with Crippen molar-refractivity contribution in [2.75, 3.05) is 6.61 Å². The molecule has 0 aromatic heterocycles. The first-order valence-corrected chi connectivity index (χ1v) is 6.52. The van der Waals surface area contributed by atoms with E-state index in [4.69, 9.17) is 10.00 Å². The van der Waals surface area contributed by atoms with Crippen LogP contribution in [-0.4, -0.2) is 23.0 Å². The van der Waals surface area contributed by atoms with Gasteiger partial charge in [0.2, 0.25) is 5.75 Å². The number of ether oxygens (including phenoxy) is 1. The van der Waals surface area contributed by atoms with Crippen molar-refractivity contribution in [2.24, 2.45) is 0 Å². The highest BCUT2D eigenvalue weighted by molar-refractivity contribution is 5.98. The highest BCUT2D eigenvalue weighted by atomic mass is 16.6. The minimum absolute atomic E-state index is 0.0426. The van der Waals surface area contributed by atoms with Crippen molar-refractivity contribution in [3.63, 3.8) is 0 Å². The van der Waals surface area contributed by atoms with Crippen molar-refractivity contribution in [3.05, 3.63) is 33.9 Å².